The van der Waals surface area contributed by atoms with E-state index in [0.717, 1.165) is 5.69 Å². The molecule has 0 saturated carbocycles. The van der Waals surface area contributed by atoms with Gasteiger partial charge >= 0.3 is 0 Å². The molecule has 0 aliphatic rings. The van der Waals surface area contributed by atoms with E-state index >= 15 is 0 Å². The van der Waals surface area contributed by atoms with Gasteiger partial charge in [0.1, 0.15) is 5.82 Å². The first-order valence-corrected chi connectivity index (χ1v) is 6.57. The van der Waals surface area contributed by atoms with Gasteiger partial charge in [-0.2, -0.15) is 0 Å². The van der Waals surface area contributed by atoms with Crippen LogP contribution in [0.3, 0.4) is 0 Å². The van der Waals surface area contributed by atoms with Crippen LogP contribution in [0.1, 0.15) is 35.2 Å². The van der Waals surface area contributed by atoms with Crippen LogP contribution in [0.25, 0.3) is 0 Å². The molecule has 1 unspecified atom stereocenters. The molecule has 0 amide bonds. The molecule has 0 radical (unpaired) electrons. The molecule has 2 aromatic carbocycles. The lowest BCUT2D eigenvalue weighted by Crippen LogP contribution is -2.08. The molecule has 0 aliphatic heterocycles. The van der Waals surface area contributed by atoms with Gasteiger partial charge in [-0.25, -0.2) is 4.39 Å². The minimum Gasteiger partial charge on any atom is -0.378 e. The predicted octanol–water partition coefficient (Wildman–Crippen LogP) is 4.92. The zero-order chi connectivity index (χ0) is 14.0. The number of halogens is 1. The Kier molecular flexibility index (Phi) is 3.89. The van der Waals surface area contributed by atoms with E-state index in [-0.39, 0.29) is 11.9 Å². The highest BCUT2D eigenvalue weighted by Crippen LogP contribution is 2.24. The number of hydrogen-bond donors (Lipinski definition) is 1. The Labute approximate surface area is 114 Å². The highest BCUT2D eigenvalue weighted by atomic mass is 19.1. The summed E-state index contributed by atoms with van der Waals surface area (Å²) < 4.78 is 13.5. The average molecular weight is 257 g/mol. The molecular formula is C17H20FN. The molecule has 0 fully saturated rings. The Bertz CT molecular complexity index is 590. The number of aryl methyl sites for hydroxylation is 3. The molecule has 0 heterocycles. The van der Waals surface area contributed by atoms with Gasteiger partial charge in [-0.05, 0) is 56.5 Å². The van der Waals surface area contributed by atoms with Crippen LogP contribution in [-0.4, -0.2) is 0 Å². The maximum atomic E-state index is 13.5. The molecule has 1 nitrogen and oxygen atoms in total. The molecule has 2 heteroatoms. The largest absolute Gasteiger partial charge is 0.378 e. The standard InChI is InChI=1S/C17H20FN/c1-11-5-8-16(13(3)9-11)14(4)19-15-7-6-12(2)17(18)10-15/h5-10,14,19H,1-4H3. The number of nitrogens with one attached hydrogen (secondary N) is 1. The van der Waals surface area contributed by atoms with E-state index in [2.05, 4.69) is 44.3 Å². The van der Waals surface area contributed by atoms with Gasteiger partial charge in [0.25, 0.3) is 0 Å². The van der Waals surface area contributed by atoms with Crippen LogP contribution in [0.4, 0.5) is 10.1 Å². The zero-order valence-corrected chi connectivity index (χ0v) is 11.9. The molecule has 19 heavy (non-hydrogen) atoms. The SMILES string of the molecule is Cc1ccc(C(C)Nc2ccc(C)c(F)c2)c(C)c1. The first kappa shape index (κ1) is 13.6. The van der Waals surface area contributed by atoms with Crippen molar-refractivity contribution in [3.63, 3.8) is 0 Å². The van der Waals surface area contributed by atoms with E-state index < -0.39 is 0 Å². The number of anilines is 1. The highest BCUT2D eigenvalue weighted by molar-refractivity contribution is 5.48. The lowest BCUT2D eigenvalue weighted by atomic mass is 10.00. The second-order valence-electron chi connectivity index (χ2n) is 5.19. The van der Waals surface area contributed by atoms with E-state index in [9.17, 15) is 4.39 Å². The molecule has 100 valence electrons. The van der Waals surface area contributed by atoms with Crippen molar-refractivity contribution in [3.05, 3.63) is 64.5 Å². The fourth-order valence-electron chi connectivity index (χ4n) is 2.32. The number of benzene rings is 2. The van der Waals surface area contributed by atoms with Crippen LogP contribution in [0, 0.1) is 26.6 Å². The molecule has 0 spiro atoms. The third-order valence-corrected chi connectivity index (χ3v) is 3.45. The van der Waals surface area contributed by atoms with Gasteiger partial charge in [0.15, 0.2) is 0 Å². The van der Waals surface area contributed by atoms with Crippen molar-refractivity contribution >= 4 is 5.69 Å². The summed E-state index contributed by atoms with van der Waals surface area (Å²) in [7, 11) is 0. The second-order valence-corrected chi connectivity index (χ2v) is 5.19. The van der Waals surface area contributed by atoms with Crippen molar-refractivity contribution in [3.8, 4) is 0 Å². The molecular weight excluding hydrogens is 237 g/mol. The lowest BCUT2D eigenvalue weighted by molar-refractivity contribution is 0.618. The van der Waals surface area contributed by atoms with Crippen molar-refractivity contribution in [2.45, 2.75) is 33.7 Å². The van der Waals surface area contributed by atoms with Crippen molar-refractivity contribution in [2.75, 3.05) is 5.32 Å². The molecule has 2 aromatic rings. The molecule has 2 rings (SSSR count). The van der Waals surface area contributed by atoms with Crippen molar-refractivity contribution in [1.29, 1.82) is 0 Å². The van der Waals surface area contributed by atoms with Gasteiger partial charge in [0.05, 0.1) is 0 Å². The highest BCUT2D eigenvalue weighted by Gasteiger charge is 2.09. The summed E-state index contributed by atoms with van der Waals surface area (Å²) in [6, 6.07) is 11.8. The van der Waals surface area contributed by atoms with E-state index in [1.54, 1.807) is 19.1 Å². The summed E-state index contributed by atoms with van der Waals surface area (Å²) in [4.78, 5) is 0. The van der Waals surface area contributed by atoms with Crippen LogP contribution in [-0.2, 0) is 0 Å². The third-order valence-electron chi connectivity index (χ3n) is 3.45. The van der Waals surface area contributed by atoms with Crippen molar-refractivity contribution in [2.24, 2.45) is 0 Å². The average Bonchev–Trinajstić information content (AvgIpc) is 2.33. The minimum atomic E-state index is -0.169. The quantitative estimate of drug-likeness (QED) is 0.822. The molecule has 0 aliphatic carbocycles. The van der Waals surface area contributed by atoms with Crippen LogP contribution in [0.15, 0.2) is 36.4 Å². The minimum absolute atomic E-state index is 0.155. The van der Waals surface area contributed by atoms with Crippen molar-refractivity contribution < 1.29 is 4.39 Å². The zero-order valence-electron chi connectivity index (χ0n) is 11.9. The smallest absolute Gasteiger partial charge is 0.128 e. The van der Waals surface area contributed by atoms with Gasteiger partial charge in [-0.15, -0.1) is 0 Å². The van der Waals surface area contributed by atoms with Gasteiger partial charge in [-0.1, -0.05) is 29.8 Å². The fraction of sp³-hybridized carbons (Fsp3) is 0.294. The molecule has 0 aromatic heterocycles. The van der Waals surface area contributed by atoms with Crippen LogP contribution >= 0.6 is 0 Å². The van der Waals surface area contributed by atoms with Crippen LogP contribution in [0.5, 0.6) is 0 Å². The van der Waals surface area contributed by atoms with Crippen molar-refractivity contribution in [1.82, 2.24) is 0 Å². The van der Waals surface area contributed by atoms with Gasteiger partial charge in [0, 0.05) is 11.7 Å². The number of hydrogen-bond acceptors (Lipinski definition) is 1. The Morgan fingerprint density at radius 3 is 2.32 bits per heavy atom. The van der Waals surface area contributed by atoms with E-state index in [1.165, 1.54) is 16.7 Å². The Hall–Kier alpha value is -1.83. The lowest BCUT2D eigenvalue weighted by Gasteiger charge is -2.18. The summed E-state index contributed by atoms with van der Waals surface area (Å²) >= 11 is 0. The molecule has 1 atom stereocenters. The number of rotatable bonds is 3. The summed E-state index contributed by atoms with van der Waals surface area (Å²) in [6.45, 7) is 8.06. The molecule has 1 N–H and O–H groups in total. The maximum Gasteiger partial charge on any atom is 0.128 e. The first-order valence-electron chi connectivity index (χ1n) is 6.57. The Morgan fingerprint density at radius 2 is 1.68 bits per heavy atom. The van der Waals surface area contributed by atoms with E-state index in [1.807, 2.05) is 6.07 Å². The Morgan fingerprint density at radius 1 is 0.947 bits per heavy atom. The summed E-state index contributed by atoms with van der Waals surface area (Å²) in [5.74, 6) is -0.169. The summed E-state index contributed by atoms with van der Waals surface area (Å²) in [5.41, 5.74) is 5.24. The first-order chi connectivity index (χ1) is 8.97. The maximum absolute atomic E-state index is 13.5. The second kappa shape index (κ2) is 5.43. The van der Waals surface area contributed by atoms with E-state index in [0.29, 0.717) is 5.56 Å². The van der Waals surface area contributed by atoms with Crippen LogP contribution in [0.2, 0.25) is 0 Å². The molecule has 0 bridgehead atoms. The normalized spacial score (nSPS) is 12.3. The fourth-order valence-corrected chi connectivity index (χ4v) is 2.32. The monoisotopic (exact) mass is 257 g/mol. The van der Waals surface area contributed by atoms with Gasteiger partial charge in [-0.3, -0.25) is 0 Å². The third kappa shape index (κ3) is 3.14. The summed E-state index contributed by atoms with van der Waals surface area (Å²) in [5, 5.41) is 3.35. The van der Waals surface area contributed by atoms with Gasteiger partial charge < -0.3 is 5.32 Å². The topological polar surface area (TPSA) is 12.0 Å². The Balaban J connectivity index is 2.20. The molecule has 0 saturated heterocycles. The van der Waals surface area contributed by atoms with Crippen LogP contribution < -0.4 is 5.32 Å². The summed E-state index contributed by atoms with van der Waals surface area (Å²) in [6.07, 6.45) is 0. The van der Waals surface area contributed by atoms with E-state index in [4.69, 9.17) is 0 Å². The predicted molar refractivity (Wildman–Crippen MR) is 79.1 cm³/mol. The van der Waals surface area contributed by atoms with Gasteiger partial charge in [0.2, 0.25) is 0 Å².